The molecule has 0 saturated heterocycles. The molecule has 0 bridgehead atoms. The van der Waals surface area contributed by atoms with Gasteiger partial charge in [0.1, 0.15) is 12.4 Å². The van der Waals surface area contributed by atoms with Crippen molar-refractivity contribution in [1.29, 1.82) is 0 Å². The molecule has 0 amide bonds. The molecule has 0 saturated carbocycles. The highest BCUT2D eigenvalue weighted by Crippen LogP contribution is 2.11. The first-order chi connectivity index (χ1) is 6.86. The van der Waals surface area contributed by atoms with Crippen molar-refractivity contribution in [1.82, 2.24) is 5.32 Å². The summed E-state index contributed by atoms with van der Waals surface area (Å²) in [7, 11) is 1.94. The molecule has 0 atom stereocenters. The van der Waals surface area contributed by atoms with Gasteiger partial charge in [-0.05, 0) is 37.7 Å². The van der Waals surface area contributed by atoms with Gasteiger partial charge in [0.25, 0.3) is 0 Å². The molecule has 0 aliphatic heterocycles. The fourth-order valence-electron chi connectivity index (χ4n) is 1.19. The molecule has 2 N–H and O–H groups in total. The summed E-state index contributed by atoms with van der Waals surface area (Å²) in [5, 5.41) is 11.7. The molecule has 0 fully saturated rings. The summed E-state index contributed by atoms with van der Waals surface area (Å²) in [6.45, 7) is 1.40. The van der Waals surface area contributed by atoms with Crippen molar-refractivity contribution < 1.29 is 9.84 Å². The smallest absolute Gasteiger partial charge is 0.119 e. The number of benzene rings is 1. The number of hydrogen-bond donors (Lipinski definition) is 2. The lowest BCUT2D eigenvalue weighted by molar-refractivity contribution is 0.201. The van der Waals surface area contributed by atoms with Gasteiger partial charge in [-0.3, -0.25) is 0 Å². The molecular formula is C11H17NO2. The van der Waals surface area contributed by atoms with E-state index in [9.17, 15) is 0 Å². The van der Waals surface area contributed by atoms with E-state index in [0.29, 0.717) is 6.61 Å². The largest absolute Gasteiger partial charge is 0.491 e. The molecule has 0 aromatic heterocycles. The number of aliphatic hydroxyl groups excluding tert-OH is 1. The molecule has 3 heteroatoms. The van der Waals surface area contributed by atoms with Crippen LogP contribution in [0.2, 0.25) is 0 Å². The zero-order valence-corrected chi connectivity index (χ0v) is 8.49. The van der Waals surface area contributed by atoms with E-state index in [1.807, 2.05) is 31.3 Å². The minimum atomic E-state index is 0.0570. The van der Waals surface area contributed by atoms with Crippen LogP contribution in [0.5, 0.6) is 5.75 Å². The van der Waals surface area contributed by atoms with Crippen molar-refractivity contribution in [3.63, 3.8) is 0 Å². The van der Waals surface area contributed by atoms with Crippen molar-refractivity contribution in [3.8, 4) is 5.75 Å². The van der Waals surface area contributed by atoms with Gasteiger partial charge in [-0.2, -0.15) is 0 Å². The highest BCUT2D eigenvalue weighted by molar-refractivity contribution is 5.27. The third kappa shape index (κ3) is 3.77. The average Bonchev–Trinajstić information content (AvgIpc) is 2.25. The van der Waals surface area contributed by atoms with Crippen LogP contribution in [0.15, 0.2) is 24.3 Å². The van der Waals surface area contributed by atoms with Gasteiger partial charge >= 0.3 is 0 Å². The van der Waals surface area contributed by atoms with Crippen LogP contribution < -0.4 is 10.1 Å². The van der Waals surface area contributed by atoms with E-state index in [0.717, 1.165) is 18.7 Å². The van der Waals surface area contributed by atoms with Crippen LogP contribution in [0.4, 0.5) is 0 Å². The summed E-state index contributed by atoms with van der Waals surface area (Å²) in [6.07, 6.45) is 1.02. The summed E-state index contributed by atoms with van der Waals surface area (Å²) in [5.74, 6) is 0.812. The molecule has 78 valence electrons. The van der Waals surface area contributed by atoms with Crippen LogP contribution in [0.1, 0.15) is 5.56 Å². The SMILES string of the molecule is CNCCc1ccc(OCCO)cc1. The first-order valence-electron chi connectivity index (χ1n) is 4.84. The Bertz CT molecular complexity index is 219. The van der Waals surface area contributed by atoms with Crippen molar-refractivity contribution >= 4 is 0 Å². The summed E-state index contributed by atoms with van der Waals surface area (Å²) in [5.41, 5.74) is 1.29. The Labute approximate surface area is 84.7 Å². The normalized spacial score (nSPS) is 10.1. The number of aliphatic hydroxyl groups is 1. The predicted molar refractivity (Wildman–Crippen MR) is 56.7 cm³/mol. The lowest BCUT2D eigenvalue weighted by atomic mass is 10.1. The fourth-order valence-corrected chi connectivity index (χ4v) is 1.19. The van der Waals surface area contributed by atoms with Crippen LogP contribution in [0.25, 0.3) is 0 Å². The number of rotatable bonds is 6. The molecule has 0 spiro atoms. The monoisotopic (exact) mass is 195 g/mol. The number of hydrogen-bond acceptors (Lipinski definition) is 3. The van der Waals surface area contributed by atoms with E-state index < -0.39 is 0 Å². The maximum absolute atomic E-state index is 8.57. The second-order valence-electron chi connectivity index (χ2n) is 3.07. The zero-order chi connectivity index (χ0) is 10.2. The van der Waals surface area contributed by atoms with Crippen molar-refractivity contribution in [2.75, 3.05) is 26.8 Å². The Morgan fingerprint density at radius 1 is 1.29 bits per heavy atom. The second kappa shape index (κ2) is 6.40. The molecule has 1 rings (SSSR count). The molecule has 3 nitrogen and oxygen atoms in total. The number of nitrogens with one attached hydrogen (secondary N) is 1. The molecule has 1 aromatic rings. The van der Waals surface area contributed by atoms with Gasteiger partial charge in [-0.15, -0.1) is 0 Å². The van der Waals surface area contributed by atoms with E-state index in [2.05, 4.69) is 5.32 Å². The minimum absolute atomic E-state index is 0.0570. The van der Waals surface area contributed by atoms with E-state index in [4.69, 9.17) is 9.84 Å². The summed E-state index contributed by atoms with van der Waals surface area (Å²) in [6, 6.07) is 7.95. The van der Waals surface area contributed by atoms with Gasteiger partial charge in [0, 0.05) is 0 Å². The lowest BCUT2D eigenvalue weighted by Crippen LogP contribution is -2.10. The molecule has 0 aliphatic carbocycles. The van der Waals surface area contributed by atoms with E-state index >= 15 is 0 Å². The van der Waals surface area contributed by atoms with Gasteiger partial charge in [-0.1, -0.05) is 12.1 Å². The van der Waals surface area contributed by atoms with Crippen LogP contribution in [0.3, 0.4) is 0 Å². The predicted octanol–water partition coefficient (Wildman–Crippen LogP) is 0.820. The lowest BCUT2D eigenvalue weighted by Gasteiger charge is -2.05. The maximum atomic E-state index is 8.57. The van der Waals surface area contributed by atoms with Crippen molar-refractivity contribution in [2.45, 2.75) is 6.42 Å². The molecular weight excluding hydrogens is 178 g/mol. The third-order valence-corrected chi connectivity index (χ3v) is 1.95. The molecule has 0 heterocycles. The topological polar surface area (TPSA) is 41.5 Å². The van der Waals surface area contributed by atoms with Crippen molar-refractivity contribution in [2.24, 2.45) is 0 Å². The van der Waals surface area contributed by atoms with Crippen LogP contribution in [-0.4, -0.2) is 31.9 Å². The highest BCUT2D eigenvalue weighted by atomic mass is 16.5. The summed E-state index contributed by atoms with van der Waals surface area (Å²) >= 11 is 0. The van der Waals surface area contributed by atoms with Crippen molar-refractivity contribution in [3.05, 3.63) is 29.8 Å². The van der Waals surface area contributed by atoms with Gasteiger partial charge in [0.05, 0.1) is 6.61 Å². The number of likely N-dealkylation sites (N-methyl/N-ethyl adjacent to an activating group) is 1. The summed E-state index contributed by atoms with van der Waals surface area (Å²) in [4.78, 5) is 0. The Kier molecular flexibility index (Phi) is 5.04. The van der Waals surface area contributed by atoms with E-state index in [1.165, 1.54) is 5.56 Å². The first-order valence-corrected chi connectivity index (χ1v) is 4.84. The Hall–Kier alpha value is -1.06. The van der Waals surface area contributed by atoms with E-state index in [1.54, 1.807) is 0 Å². The van der Waals surface area contributed by atoms with Crippen LogP contribution >= 0.6 is 0 Å². The van der Waals surface area contributed by atoms with Gasteiger partial charge in [0.15, 0.2) is 0 Å². The summed E-state index contributed by atoms with van der Waals surface area (Å²) < 4.78 is 5.25. The number of ether oxygens (including phenoxy) is 1. The minimum Gasteiger partial charge on any atom is -0.491 e. The zero-order valence-electron chi connectivity index (χ0n) is 8.49. The molecule has 14 heavy (non-hydrogen) atoms. The van der Waals surface area contributed by atoms with Crippen LogP contribution in [-0.2, 0) is 6.42 Å². The van der Waals surface area contributed by atoms with Gasteiger partial charge < -0.3 is 15.2 Å². The molecule has 0 radical (unpaired) electrons. The molecule has 1 aromatic carbocycles. The second-order valence-corrected chi connectivity index (χ2v) is 3.07. The quantitative estimate of drug-likeness (QED) is 0.706. The van der Waals surface area contributed by atoms with E-state index in [-0.39, 0.29) is 6.61 Å². The molecule has 0 unspecified atom stereocenters. The third-order valence-electron chi connectivity index (χ3n) is 1.95. The van der Waals surface area contributed by atoms with Gasteiger partial charge in [-0.25, -0.2) is 0 Å². The Morgan fingerprint density at radius 3 is 2.57 bits per heavy atom. The standard InChI is InChI=1S/C11H17NO2/c1-12-7-6-10-2-4-11(5-3-10)14-9-8-13/h2-5,12-13H,6-9H2,1H3. The first kappa shape index (κ1) is 11.0. The average molecular weight is 195 g/mol. The molecule has 0 aliphatic rings. The maximum Gasteiger partial charge on any atom is 0.119 e. The fraction of sp³-hybridized carbons (Fsp3) is 0.455. The Balaban J connectivity index is 2.42. The van der Waals surface area contributed by atoms with Crippen LogP contribution in [0, 0.1) is 0 Å². The highest BCUT2D eigenvalue weighted by Gasteiger charge is 1.94. The van der Waals surface area contributed by atoms with Gasteiger partial charge in [0.2, 0.25) is 0 Å². The Morgan fingerprint density at radius 2 is 2.00 bits per heavy atom.